The molecule has 0 radical (unpaired) electrons. The quantitative estimate of drug-likeness (QED) is 0.472. The van der Waals surface area contributed by atoms with Crippen molar-refractivity contribution < 1.29 is 0 Å². The normalized spacial score (nSPS) is 12.6. The Balaban J connectivity index is 2.42. The van der Waals surface area contributed by atoms with Gasteiger partial charge >= 0.3 is 0 Å². The van der Waals surface area contributed by atoms with Crippen LogP contribution in [0.4, 0.5) is 0 Å². The number of benzene rings is 1. The van der Waals surface area contributed by atoms with Gasteiger partial charge in [0.2, 0.25) is 0 Å². The number of rotatable bonds is 11. The Kier molecular flexibility index (Phi) is 10.2. The Bertz CT molecular complexity index is 373. The van der Waals surface area contributed by atoms with Crippen LogP contribution in [-0.2, 0) is 6.42 Å². The van der Waals surface area contributed by atoms with E-state index in [1.165, 1.54) is 44.9 Å². The largest absolute Gasteiger partial charge is 0.314 e. The number of likely N-dealkylation sites (N-methyl/N-ethyl adjacent to an activating group) is 1. The van der Waals surface area contributed by atoms with Crippen molar-refractivity contribution in [2.75, 3.05) is 6.54 Å². The average molecular weight is 330 g/mol. The van der Waals surface area contributed by atoms with Gasteiger partial charge in [0, 0.05) is 16.1 Å². The van der Waals surface area contributed by atoms with Gasteiger partial charge in [-0.05, 0) is 37.1 Å². The van der Waals surface area contributed by atoms with Gasteiger partial charge in [0.15, 0.2) is 0 Å². The first-order valence-electron chi connectivity index (χ1n) is 8.35. The van der Waals surface area contributed by atoms with Crippen molar-refractivity contribution in [3.8, 4) is 0 Å². The van der Waals surface area contributed by atoms with E-state index in [2.05, 4.69) is 19.2 Å². The molecule has 3 heteroatoms. The minimum Gasteiger partial charge on any atom is -0.314 e. The second-order valence-electron chi connectivity index (χ2n) is 5.72. The lowest BCUT2D eigenvalue weighted by atomic mass is 9.99. The van der Waals surface area contributed by atoms with Crippen LogP contribution in [0.1, 0.15) is 64.4 Å². The van der Waals surface area contributed by atoms with Gasteiger partial charge in [-0.1, -0.05) is 81.6 Å². The van der Waals surface area contributed by atoms with E-state index in [4.69, 9.17) is 23.2 Å². The molecule has 0 aliphatic rings. The average Bonchev–Trinajstić information content (AvgIpc) is 2.46. The molecule has 1 aromatic carbocycles. The number of hydrogen-bond acceptors (Lipinski definition) is 1. The van der Waals surface area contributed by atoms with E-state index < -0.39 is 0 Å². The molecule has 1 aromatic rings. The lowest BCUT2D eigenvalue weighted by Gasteiger charge is -2.19. The molecule has 0 amide bonds. The SMILES string of the molecule is CCCCCCCCC(Cc1c(Cl)cccc1Cl)NCC. The second-order valence-corrected chi connectivity index (χ2v) is 6.53. The number of hydrogen-bond donors (Lipinski definition) is 1. The Labute approximate surface area is 140 Å². The summed E-state index contributed by atoms with van der Waals surface area (Å²) in [5.74, 6) is 0. The van der Waals surface area contributed by atoms with E-state index in [0.29, 0.717) is 6.04 Å². The summed E-state index contributed by atoms with van der Waals surface area (Å²) >= 11 is 12.6. The third-order valence-electron chi connectivity index (χ3n) is 3.91. The zero-order chi connectivity index (χ0) is 15.5. The van der Waals surface area contributed by atoms with Crippen LogP contribution in [0.15, 0.2) is 18.2 Å². The van der Waals surface area contributed by atoms with E-state index in [-0.39, 0.29) is 0 Å². The molecule has 1 rings (SSSR count). The van der Waals surface area contributed by atoms with E-state index >= 15 is 0 Å². The van der Waals surface area contributed by atoms with Crippen LogP contribution < -0.4 is 5.32 Å². The summed E-state index contributed by atoms with van der Waals surface area (Å²) in [6, 6.07) is 6.23. The van der Waals surface area contributed by atoms with Crippen LogP contribution in [0.2, 0.25) is 10.0 Å². The van der Waals surface area contributed by atoms with Crippen LogP contribution in [0, 0.1) is 0 Å². The lowest BCUT2D eigenvalue weighted by Crippen LogP contribution is -2.31. The molecule has 1 nitrogen and oxygen atoms in total. The van der Waals surface area contributed by atoms with Crippen molar-refractivity contribution in [2.45, 2.75) is 71.3 Å². The van der Waals surface area contributed by atoms with Gasteiger partial charge in [0.25, 0.3) is 0 Å². The predicted molar refractivity (Wildman–Crippen MR) is 95.6 cm³/mol. The maximum atomic E-state index is 6.28. The third-order valence-corrected chi connectivity index (χ3v) is 4.62. The van der Waals surface area contributed by atoms with E-state index in [9.17, 15) is 0 Å². The highest BCUT2D eigenvalue weighted by Gasteiger charge is 2.13. The maximum absolute atomic E-state index is 6.28. The monoisotopic (exact) mass is 329 g/mol. The fourth-order valence-corrected chi connectivity index (χ4v) is 3.26. The lowest BCUT2D eigenvalue weighted by molar-refractivity contribution is 0.460. The summed E-state index contributed by atoms with van der Waals surface area (Å²) in [6.07, 6.45) is 10.1. The third kappa shape index (κ3) is 7.54. The molecule has 0 fully saturated rings. The molecule has 1 N–H and O–H groups in total. The number of nitrogens with one attached hydrogen (secondary N) is 1. The zero-order valence-electron chi connectivity index (χ0n) is 13.4. The van der Waals surface area contributed by atoms with Crippen LogP contribution in [0.25, 0.3) is 0 Å². The van der Waals surface area contributed by atoms with Gasteiger partial charge in [-0.2, -0.15) is 0 Å². The summed E-state index contributed by atoms with van der Waals surface area (Å²) in [5, 5.41) is 5.14. The highest BCUT2D eigenvalue weighted by Crippen LogP contribution is 2.26. The van der Waals surface area contributed by atoms with Crippen molar-refractivity contribution in [2.24, 2.45) is 0 Å². The van der Waals surface area contributed by atoms with Crippen molar-refractivity contribution in [3.05, 3.63) is 33.8 Å². The second kappa shape index (κ2) is 11.3. The summed E-state index contributed by atoms with van der Waals surface area (Å²) < 4.78 is 0. The molecule has 0 saturated heterocycles. The van der Waals surface area contributed by atoms with Gasteiger partial charge in [-0.25, -0.2) is 0 Å². The summed E-state index contributed by atoms with van der Waals surface area (Å²) in [4.78, 5) is 0. The molecule has 0 spiro atoms. The molecule has 1 unspecified atom stereocenters. The highest BCUT2D eigenvalue weighted by molar-refractivity contribution is 6.35. The summed E-state index contributed by atoms with van der Waals surface area (Å²) in [5.41, 5.74) is 1.08. The first-order chi connectivity index (χ1) is 10.2. The summed E-state index contributed by atoms with van der Waals surface area (Å²) in [6.45, 7) is 5.40. The Morgan fingerprint density at radius 3 is 2.19 bits per heavy atom. The smallest absolute Gasteiger partial charge is 0.0453 e. The molecule has 0 bridgehead atoms. The van der Waals surface area contributed by atoms with Crippen molar-refractivity contribution >= 4 is 23.2 Å². The molecular weight excluding hydrogens is 301 g/mol. The van der Waals surface area contributed by atoms with E-state index in [1.54, 1.807) is 0 Å². The first-order valence-corrected chi connectivity index (χ1v) is 9.10. The molecule has 0 saturated carbocycles. The maximum Gasteiger partial charge on any atom is 0.0453 e. The van der Waals surface area contributed by atoms with Gasteiger partial charge in [-0.15, -0.1) is 0 Å². The van der Waals surface area contributed by atoms with Gasteiger partial charge in [-0.3, -0.25) is 0 Å². The first kappa shape index (κ1) is 18.8. The predicted octanol–water partition coefficient (Wildman–Crippen LogP) is 6.26. The van der Waals surface area contributed by atoms with Crippen molar-refractivity contribution in [1.29, 1.82) is 0 Å². The minimum absolute atomic E-state index is 0.471. The minimum atomic E-state index is 0.471. The Morgan fingerprint density at radius 2 is 1.57 bits per heavy atom. The van der Waals surface area contributed by atoms with Gasteiger partial charge in [0.05, 0.1) is 0 Å². The molecular formula is C18H29Cl2N. The standard InChI is InChI=1S/C18H29Cl2N/c1-3-5-6-7-8-9-11-15(21-4-2)14-16-17(19)12-10-13-18(16)20/h10,12-13,15,21H,3-9,11,14H2,1-2H3. The van der Waals surface area contributed by atoms with Crippen molar-refractivity contribution in [1.82, 2.24) is 5.32 Å². The van der Waals surface area contributed by atoms with Crippen LogP contribution in [0.3, 0.4) is 0 Å². The molecule has 0 heterocycles. The molecule has 0 aliphatic heterocycles. The van der Waals surface area contributed by atoms with E-state index in [1.807, 2.05) is 18.2 Å². The van der Waals surface area contributed by atoms with Crippen LogP contribution in [0.5, 0.6) is 0 Å². The molecule has 1 atom stereocenters. The van der Waals surface area contributed by atoms with Crippen LogP contribution >= 0.6 is 23.2 Å². The van der Waals surface area contributed by atoms with Gasteiger partial charge < -0.3 is 5.32 Å². The van der Waals surface area contributed by atoms with E-state index in [0.717, 1.165) is 28.6 Å². The fourth-order valence-electron chi connectivity index (χ4n) is 2.71. The molecule has 120 valence electrons. The molecule has 21 heavy (non-hydrogen) atoms. The molecule has 0 aliphatic carbocycles. The van der Waals surface area contributed by atoms with Crippen molar-refractivity contribution in [3.63, 3.8) is 0 Å². The zero-order valence-corrected chi connectivity index (χ0v) is 14.9. The summed E-state index contributed by atoms with van der Waals surface area (Å²) in [7, 11) is 0. The number of unbranched alkanes of at least 4 members (excludes halogenated alkanes) is 5. The molecule has 0 aromatic heterocycles. The Hall–Kier alpha value is -0.240. The fraction of sp³-hybridized carbons (Fsp3) is 0.667. The topological polar surface area (TPSA) is 12.0 Å². The highest BCUT2D eigenvalue weighted by atomic mass is 35.5. The number of halogens is 2. The van der Waals surface area contributed by atoms with Crippen LogP contribution in [-0.4, -0.2) is 12.6 Å². The Morgan fingerprint density at radius 1 is 0.952 bits per heavy atom. The van der Waals surface area contributed by atoms with Gasteiger partial charge in [0.1, 0.15) is 0 Å².